The summed E-state index contributed by atoms with van der Waals surface area (Å²) in [4.78, 5) is 22.3. The van der Waals surface area contributed by atoms with Crippen molar-refractivity contribution in [2.75, 3.05) is 18.1 Å². The molecule has 0 atom stereocenters. The van der Waals surface area contributed by atoms with Gasteiger partial charge >= 0.3 is 12.0 Å². The topological polar surface area (TPSA) is 126 Å². The summed E-state index contributed by atoms with van der Waals surface area (Å²) in [6.45, 7) is 0.648. The van der Waals surface area contributed by atoms with Crippen molar-refractivity contribution in [2.24, 2.45) is 0 Å². The molecule has 3 N–H and O–H groups in total. The van der Waals surface area contributed by atoms with E-state index in [1.54, 1.807) is 0 Å². The van der Waals surface area contributed by atoms with Gasteiger partial charge in [-0.15, -0.1) is 5.10 Å². The summed E-state index contributed by atoms with van der Waals surface area (Å²) in [5, 5.41) is 21.3. The van der Waals surface area contributed by atoms with E-state index in [0.29, 0.717) is 24.6 Å². The number of aromatic nitrogens is 3. The summed E-state index contributed by atoms with van der Waals surface area (Å²) < 4.78 is 12.6. The van der Waals surface area contributed by atoms with E-state index in [9.17, 15) is 13.8 Å². The summed E-state index contributed by atoms with van der Waals surface area (Å²) in [5.41, 5.74) is -0.130. The number of rotatable bonds is 5. The fraction of sp³-hybridized carbons (Fsp3) is 0.636. The molecular weight excluding hydrogens is 298 g/mol. The van der Waals surface area contributed by atoms with Gasteiger partial charge in [-0.3, -0.25) is 4.21 Å². The highest BCUT2D eigenvalue weighted by atomic mass is 32.2. The fourth-order valence-corrected chi connectivity index (χ4v) is 3.26. The summed E-state index contributed by atoms with van der Waals surface area (Å²) in [6, 6.07) is -0.223. The van der Waals surface area contributed by atoms with Crippen molar-refractivity contribution in [2.45, 2.75) is 25.4 Å². The van der Waals surface area contributed by atoms with Crippen LogP contribution < -0.4 is 10.6 Å². The second kappa shape index (κ2) is 7.16. The number of amides is 2. The molecule has 2 amide bonds. The van der Waals surface area contributed by atoms with Crippen LogP contribution in [-0.4, -0.2) is 60.4 Å². The molecule has 1 fully saturated rings. The van der Waals surface area contributed by atoms with Crippen molar-refractivity contribution in [3.05, 3.63) is 11.9 Å². The monoisotopic (exact) mass is 315 g/mol. The van der Waals surface area contributed by atoms with Gasteiger partial charge in [-0.1, -0.05) is 5.21 Å². The van der Waals surface area contributed by atoms with Gasteiger partial charge in [-0.25, -0.2) is 14.3 Å². The van der Waals surface area contributed by atoms with Gasteiger partial charge in [-0.2, -0.15) is 0 Å². The minimum absolute atomic E-state index is 0.0627. The normalized spacial score (nSPS) is 21.7. The lowest BCUT2D eigenvalue weighted by atomic mass is 10.2. The van der Waals surface area contributed by atoms with Crippen LogP contribution in [0.3, 0.4) is 0 Å². The molecule has 1 aromatic heterocycles. The number of nitrogens with zero attached hydrogens (tertiary/aromatic N) is 3. The first-order chi connectivity index (χ1) is 10.0. The minimum atomic E-state index is -1.14. The Hall–Kier alpha value is -1.97. The third-order valence-electron chi connectivity index (χ3n) is 3.11. The Kier molecular flexibility index (Phi) is 5.26. The maximum Gasteiger partial charge on any atom is 0.358 e. The minimum Gasteiger partial charge on any atom is -0.476 e. The predicted octanol–water partition coefficient (Wildman–Crippen LogP) is -0.813. The molecule has 0 radical (unpaired) electrons. The lowest BCUT2D eigenvalue weighted by molar-refractivity contribution is 0.0690. The van der Waals surface area contributed by atoms with Crippen LogP contribution in [0.1, 0.15) is 23.3 Å². The van der Waals surface area contributed by atoms with Crippen molar-refractivity contribution in [3.63, 3.8) is 0 Å². The summed E-state index contributed by atoms with van der Waals surface area (Å²) in [5.74, 6) is 0.116. The van der Waals surface area contributed by atoms with Crippen LogP contribution in [0, 0.1) is 0 Å². The van der Waals surface area contributed by atoms with Crippen LogP contribution >= 0.6 is 0 Å². The van der Waals surface area contributed by atoms with Crippen LogP contribution in [-0.2, 0) is 17.3 Å². The lowest BCUT2D eigenvalue weighted by Crippen LogP contribution is -2.45. The molecule has 0 aromatic carbocycles. The molecule has 116 valence electrons. The highest BCUT2D eigenvalue weighted by Crippen LogP contribution is 2.08. The predicted molar refractivity (Wildman–Crippen MR) is 74.4 cm³/mol. The molecule has 0 unspecified atom stereocenters. The molecule has 0 bridgehead atoms. The second-order valence-corrected chi connectivity index (χ2v) is 6.39. The van der Waals surface area contributed by atoms with Crippen LogP contribution in [0.4, 0.5) is 4.79 Å². The Morgan fingerprint density at radius 2 is 2.14 bits per heavy atom. The van der Waals surface area contributed by atoms with Gasteiger partial charge in [0.2, 0.25) is 0 Å². The Labute approximate surface area is 123 Å². The van der Waals surface area contributed by atoms with Crippen molar-refractivity contribution < 1.29 is 18.9 Å². The molecule has 1 saturated heterocycles. The maximum absolute atomic E-state index is 11.7. The van der Waals surface area contributed by atoms with Gasteiger partial charge in [0.1, 0.15) is 0 Å². The molecule has 1 aliphatic heterocycles. The molecule has 9 nitrogen and oxygen atoms in total. The summed E-state index contributed by atoms with van der Waals surface area (Å²) >= 11 is 0. The summed E-state index contributed by atoms with van der Waals surface area (Å²) in [7, 11) is -0.746. The van der Waals surface area contributed by atoms with Gasteiger partial charge in [-0.05, 0) is 12.8 Å². The van der Waals surface area contributed by atoms with Gasteiger partial charge < -0.3 is 15.7 Å². The van der Waals surface area contributed by atoms with E-state index in [4.69, 9.17) is 5.11 Å². The number of carbonyl (C=O) groups excluding carboxylic acids is 1. The zero-order chi connectivity index (χ0) is 15.2. The molecule has 21 heavy (non-hydrogen) atoms. The highest BCUT2D eigenvalue weighted by Gasteiger charge is 2.19. The molecule has 0 spiro atoms. The van der Waals surface area contributed by atoms with E-state index in [2.05, 4.69) is 20.9 Å². The van der Waals surface area contributed by atoms with Crippen molar-refractivity contribution in [1.29, 1.82) is 0 Å². The lowest BCUT2D eigenvalue weighted by Gasteiger charge is -2.22. The van der Waals surface area contributed by atoms with Crippen molar-refractivity contribution in [3.8, 4) is 0 Å². The molecule has 2 rings (SSSR count). The van der Waals surface area contributed by atoms with Crippen molar-refractivity contribution >= 4 is 22.8 Å². The van der Waals surface area contributed by atoms with Crippen LogP contribution in [0.2, 0.25) is 0 Å². The third kappa shape index (κ3) is 4.81. The van der Waals surface area contributed by atoms with E-state index in [1.165, 1.54) is 10.9 Å². The van der Waals surface area contributed by atoms with E-state index in [0.717, 1.165) is 12.8 Å². The fourth-order valence-electron chi connectivity index (χ4n) is 1.96. The highest BCUT2D eigenvalue weighted by molar-refractivity contribution is 7.85. The number of aromatic carboxylic acids is 1. The first-order valence-corrected chi connectivity index (χ1v) is 8.06. The molecule has 2 heterocycles. The molecule has 1 aromatic rings. The number of hydrogen-bond donors (Lipinski definition) is 3. The van der Waals surface area contributed by atoms with Gasteiger partial charge in [0, 0.05) is 34.9 Å². The zero-order valence-corrected chi connectivity index (χ0v) is 12.1. The Balaban J connectivity index is 1.66. The zero-order valence-electron chi connectivity index (χ0n) is 11.3. The third-order valence-corrected chi connectivity index (χ3v) is 4.49. The number of urea groups is 1. The quantitative estimate of drug-likeness (QED) is 0.652. The number of carboxylic acid groups (broad SMARTS) is 1. The average Bonchev–Trinajstić information content (AvgIpc) is 2.90. The largest absolute Gasteiger partial charge is 0.476 e. The maximum atomic E-state index is 11.7. The molecular formula is C11H17N5O4S. The molecule has 1 aliphatic rings. The van der Waals surface area contributed by atoms with Gasteiger partial charge in [0.05, 0.1) is 12.7 Å². The van der Waals surface area contributed by atoms with E-state index in [1.807, 2.05) is 0 Å². The molecule has 0 saturated carbocycles. The Morgan fingerprint density at radius 1 is 1.43 bits per heavy atom. The van der Waals surface area contributed by atoms with E-state index in [-0.39, 0.29) is 17.8 Å². The SMILES string of the molecule is O=C(NCCn1cc(C(=O)O)nn1)NC1CCS(=O)CC1. The van der Waals surface area contributed by atoms with Crippen LogP contribution in [0.15, 0.2) is 6.20 Å². The molecule has 10 heteroatoms. The van der Waals surface area contributed by atoms with Gasteiger partial charge in [0.15, 0.2) is 5.69 Å². The smallest absolute Gasteiger partial charge is 0.358 e. The first kappa shape index (κ1) is 15.4. The Bertz CT molecular complexity index is 536. The average molecular weight is 315 g/mol. The number of nitrogens with one attached hydrogen (secondary N) is 2. The van der Waals surface area contributed by atoms with Crippen LogP contribution in [0.25, 0.3) is 0 Å². The molecule has 0 aliphatic carbocycles. The summed E-state index contributed by atoms with van der Waals surface area (Å²) in [6.07, 6.45) is 2.76. The first-order valence-electron chi connectivity index (χ1n) is 6.57. The standard InChI is InChI=1S/C11H17N5O4S/c17-10(18)9-7-16(15-14-9)4-3-12-11(19)13-8-1-5-21(20)6-2-8/h7-8H,1-6H2,(H,17,18)(H2,12,13,19). The van der Waals surface area contributed by atoms with Crippen molar-refractivity contribution in [1.82, 2.24) is 25.6 Å². The van der Waals surface area contributed by atoms with Crippen LogP contribution in [0.5, 0.6) is 0 Å². The number of carbonyl (C=O) groups is 2. The Morgan fingerprint density at radius 3 is 2.76 bits per heavy atom. The number of hydrogen-bond acceptors (Lipinski definition) is 5. The second-order valence-electron chi connectivity index (χ2n) is 4.69. The number of carboxylic acids is 1. The van der Waals surface area contributed by atoms with E-state index >= 15 is 0 Å². The van der Waals surface area contributed by atoms with Gasteiger partial charge in [0.25, 0.3) is 0 Å². The van der Waals surface area contributed by atoms with E-state index < -0.39 is 16.8 Å².